The van der Waals surface area contributed by atoms with E-state index in [0.29, 0.717) is 22.8 Å². The fourth-order valence-corrected chi connectivity index (χ4v) is 2.42. The maximum Gasteiger partial charge on any atom is 0.276 e. The number of rotatable bonds is 8. The second kappa shape index (κ2) is 11.6. The van der Waals surface area contributed by atoms with Crippen LogP contribution in [-0.2, 0) is 4.79 Å². The van der Waals surface area contributed by atoms with Crippen molar-refractivity contribution in [3.05, 3.63) is 54.1 Å². The van der Waals surface area contributed by atoms with Gasteiger partial charge < -0.3 is 14.2 Å². The Bertz CT molecular complexity index is 890. The van der Waals surface area contributed by atoms with Crippen LogP contribution in [0.3, 0.4) is 0 Å². The van der Waals surface area contributed by atoms with Gasteiger partial charge in [-0.1, -0.05) is 25.1 Å². The van der Waals surface area contributed by atoms with Gasteiger partial charge in [-0.15, -0.1) is 0 Å². The number of thiocarbonyl (C=S) groups is 1. The summed E-state index contributed by atoms with van der Waals surface area (Å²) in [5, 5.41) is 2.43. The molecule has 1 atom stereocenters. The Balaban J connectivity index is 1.79. The third-order valence-corrected chi connectivity index (χ3v) is 4.18. The van der Waals surface area contributed by atoms with Gasteiger partial charge in [0.25, 0.3) is 11.8 Å². The van der Waals surface area contributed by atoms with E-state index < -0.39 is 11.8 Å². The van der Waals surface area contributed by atoms with E-state index >= 15 is 0 Å². The van der Waals surface area contributed by atoms with Crippen molar-refractivity contribution in [3.8, 4) is 17.2 Å². The molecule has 160 valence electrons. The Morgan fingerprint density at radius 3 is 2.50 bits per heavy atom. The van der Waals surface area contributed by atoms with Gasteiger partial charge in [0.1, 0.15) is 5.75 Å². The van der Waals surface area contributed by atoms with Crippen molar-refractivity contribution in [1.29, 1.82) is 0 Å². The van der Waals surface area contributed by atoms with Crippen LogP contribution in [0, 0.1) is 0 Å². The Labute approximate surface area is 180 Å². The molecule has 2 aromatic rings. The van der Waals surface area contributed by atoms with Crippen molar-refractivity contribution in [2.24, 2.45) is 0 Å². The molecule has 30 heavy (non-hydrogen) atoms. The molecule has 9 heteroatoms. The molecule has 0 spiro atoms. The molecule has 1 unspecified atom stereocenters. The number of nitrogens with one attached hydrogen (secondary N) is 3. The fourth-order valence-electron chi connectivity index (χ4n) is 2.28. The molecule has 0 aliphatic carbocycles. The van der Waals surface area contributed by atoms with Crippen molar-refractivity contribution in [2.45, 2.75) is 26.4 Å². The van der Waals surface area contributed by atoms with Gasteiger partial charge in [0.05, 0.1) is 13.2 Å². The van der Waals surface area contributed by atoms with E-state index in [1.807, 2.05) is 13.8 Å². The molecule has 2 amide bonds. The molecule has 0 heterocycles. The lowest BCUT2D eigenvalue weighted by Gasteiger charge is -2.14. The van der Waals surface area contributed by atoms with Crippen molar-refractivity contribution >= 4 is 29.1 Å². The summed E-state index contributed by atoms with van der Waals surface area (Å²) in [6, 6.07) is 13.7. The number of hydrazine groups is 1. The first-order valence-electron chi connectivity index (χ1n) is 9.35. The Morgan fingerprint density at radius 2 is 1.80 bits per heavy atom. The van der Waals surface area contributed by atoms with Gasteiger partial charge in [-0.2, -0.15) is 0 Å². The average molecular weight is 432 g/mol. The third-order valence-electron chi connectivity index (χ3n) is 3.98. The molecule has 0 aromatic heterocycles. The van der Waals surface area contributed by atoms with Gasteiger partial charge in [0, 0.05) is 5.56 Å². The lowest BCUT2D eigenvalue weighted by molar-refractivity contribution is -0.123. The first-order chi connectivity index (χ1) is 14.4. The molecular formula is C21H25N3O5S. The van der Waals surface area contributed by atoms with Crippen molar-refractivity contribution < 1.29 is 23.8 Å². The molecule has 8 nitrogen and oxygen atoms in total. The summed E-state index contributed by atoms with van der Waals surface area (Å²) in [6.07, 6.45) is 0.893. The highest BCUT2D eigenvalue weighted by Gasteiger charge is 2.11. The van der Waals surface area contributed by atoms with E-state index in [1.54, 1.807) is 48.5 Å². The second-order valence-corrected chi connectivity index (χ2v) is 6.67. The summed E-state index contributed by atoms with van der Waals surface area (Å²) in [5.74, 6) is 0.631. The van der Waals surface area contributed by atoms with E-state index in [0.717, 1.165) is 6.42 Å². The van der Waals surface area contributed by atoms with Gasteiger partial charge in [-0.25, -0.2) is 0 Å². The Morgan fingerprint density at radius 1 is 1.07 bits per heavy atom. The maximum atomic E-state index is 12.3. The van der Waals surface area contributed by atoms with E-state index in [9.17, 15) is 9.59 Å². The molecule has 2 aromatic carbocycles. The number of hydrogen-bond donors (Lipinski definition) is 3. The molecule has 0 saturated heterocycles. The lowest BCUT2D eigenvalue weighted by atomic mass is 10.2. The summed E-state index contributed by atoms with van der Waals surface area (Å²) >= 11 is 5.04. The zero-order valence-corrected chi connectivity index (χ0v) is 17.9. The number of para-hydroxylation sites is 2. The zero-order chi connectivity index (χ0) is 21.9. The minimum Gasteiger partial charge on any atom is -0.493 e. The number of benzene rings is 2. The minimum atomic E-state index is -0.485. The van der Waals surface area contributed by atoms with Gasteiger partial charge in [-0.3, -0.25) is 25.8 Å². The lowest BCUT2D eigenvalue weighted by Crippen LogP contribution is -2.49. The Kier molecular flexibility index (Phi) is 8.89. The van der Waals surface area contributed by atoms with Crippen LogP contribution in [-0.4, -0.2) is 36.7 Å². The molecule has 0 fully saturated rings. The topological polar surface area (TPSA) is 97.9 Å². The van der Waals surface area contributed by atoms with Crippen LogP contribution in [0.25, 0.3) is 0 Å². The molecule has 2 rings (SSSR count). The van der Waals surface area contributed by atoms with Gasteiger partial charge >= 0.3 is 0 Å². The monoisotopic (exact) mass is 431 g/mol. The van der Waals surface area contributed by atoms with Crippen molar-refractivity contribution in [1.82, 2.24) is 16.2 Å². The quantitative estimate of drug-likeness (QED) is 0.437. The van der Waals surface area contributed by atoms with Crippen LogP contribution < -0.4 is 30.4 Å². The predicted octanol–water partition coefficient (Wildman–Crippen LogP) is 2.59. The summed E-state index contributed by atoms with van der Waals surface area (Å²) in [5.41, 5.74) is 5.20. The van der Waals surface area contributed by atoms with Gasteiger partial charge in [-0.05, 0) is 55.9 Å². The number of hydrogen-bond acceptors (Lipinski definition) is 6. The van der Waals surface area contributed by atoms with Crippen molar-refractivity contribution in [2.75, 3.05) is 13.7 Å². The first kappa shape index (κ1) is 23.0. The maximum absolute atomic E-state index is 12.3. The SMILES string of the molecule is CCC(C)Oc1cccc(C(=O)NC(=S)NNC(=O)COc2ccccc2OC)c1. The van der Waals surface area contributed by atoms with Gasteiger partial charge in [0.2, 0.25) is 0 Å². The first-order valence-corrected chi connectivity index (χ1v) is 9.76. The molecule has 3 N–H and O–H groups in total. The smallest absolute Gasteiger partial charge is 0.276 e. The fraction of sp³-hybridized carbons (Fsp3) is 0.286. The van der Waals surface area contributed by atoms with Crippen LogP contribution in [0.15, 0.2) is 48.5 Å². The van der Waals surface area contributed by atoms with Crippen LogP contribution >= 0.6 is 12.2 Å². The minimum absolute atomic E-state index is 0.0411. The highest BCUT2D eigenvalue weighted by atomic mass is 32.1. The second-order valence-electron chi connectivity index (χ2n) is 6.26. The average Bonchev–Trinajstić information content (AvgIpc) is 2.76. The van der Waals surface area contributed by atoms with E-state index in [-0.39, 0.29) is 17.8 Å². The van der Waals surface area contributed by atoms with Crippen LogP contribution in [0.2, 0.25) is 0 Å². The third kappa shape index (κ3) is 7.25. The summed E-state index contributed by atoms with van der Waals surface area (Å²) < 4.78 is 16.3. The summed E-state index contributed by atoms with van der Waals surface area (Å²) in [7, 11) is 1.51. The largest absolute Gasteiger partial charge is 0.493 e. The number of amides is 2. The standard InChI is InChI=1S/C21H25N3O5S/c1-4-14(2)29-16-9-7-8-15(12-16)20(26)22-21(30)24-23-19(25)13-28-18-11-6-5-10-17(18)27-3/h5-12,14H,4,13H2,1-3H3,(H,23,25)(H2,22,24,26,30). The Hall–Kier alpha value is -3.33. The number of carbonyl (C=O) groups is 2. The molecule has 0 aliphatic heterocycles. The summed E-state index contributed by atoms with van der Waals surface area (Å²) in [4.78, 5) is 24.3. The summed E-state index contributed by atoms with van der Waals surface area (Å²) in [6.45, 7) is 3.70. The molecule has 0 bridgehead atoms. The number of carbonyl (C=O) groups excluding carboxylic acids is 2. The molecular weight excluding hydrogens is 406 g/mol. The van der Waals surface area contributed by atoms with Crippen molar-refractivity contribution in [3.63, 3.8) is 0 Å². The van der Waals surface area contributed by atoms with Crippen LogP contribution in [0.1, 0.15) is 30.6 Å². The highest BCUT2D eigenvalue weighted by Crippen LogP contribution is 2.25. The number of ether oxygens (including phenoxy) is 3. The van der Waals surface area contributed by atoms with E-state index in [2.05, 4.69) is 16.2 Å². The van der Waals surface area contributed by atoms with E-state index in [4.69, 9.17) is 26.4 Å². The highest BCUT2D eigenvalue weighted by molar-refractivity contribution is 7.80. The molecule has 0 radical (unpaired) electrons. The zero-order valence-electron chi connectivity index (χ0n) is 17.1. The molecule has 0 aliphatic rings. The van der Waals surface area contributed by atoms with Crippen LogP contribution in [0.5, 0.6) is 17.2 Å². The van der Waals surface area contributed by atoms with Gasteiger partial charge in [0.15, 0.2) is 23.2 Å². The van der Waals surface area contributed by atoms with E-state index in [1.165, 1.54) is 7.11 Å². The number of methoxy groups -OCH3 is 1. The van der Waals surface area contributed by atoms with Crippen LogP contribution in [0.4, 0.5) is 0 Å². The molecule has 0 saturated carbocycles. The normalized spacial score (nSPS) is 11.0. The predicted molar refractivity (Wildman–Crippen MR) is 117 cm³/mol.